The predicted molar refractivity (Wildman–Crippen MR) is 174 cm³/mol. The molecule has 0 radical (unpaired) electrons. The third-order valence-electron chi connectivity index (χ3n) is 8.73. The highest BCUT2D eigenvalue weighted by molar-refractivity contribution is 6.39. The summed E-state index contributed by atoms with van der Waals surface area (Å²) in [5.41, 5.74) is 1.10. The van der Waals surface area contributed by atoms with Crippen LogP contribution in [0, 0.1) is 11.6 Å². The van der Waals surface area contributed by atoms with E-state index >= 15 is 8.78 Å². The number of ether oxygens (including phenoxy) is 1. The summed E-state index contributed by atoms with van der Waals surface area (Å²) in [6.07, 6.45) is 2.87. The lowest BCUT2D eigenvalue weighted by molar-refractivity contribution is -0.130. The fraction of sp³-hybridized carbons (Fsp3) is 0.303. The smallest absolute Gasteiger partial charge is 0.279 e. The average molecular weight is 684 g/mol. The van der Waals surface area contributed by atoms with E-state index in [1.165, 1.54) is 38.6 Å². The van der Waals surface area contributed by atoms with Gasteiger partial charge in [0.05, 0.1) is 28.5 Å². The Morgan fingerprint density at radius 1 is 1.00 bits per heavy atom. The number of anilines is 1. The van der Waals surface area contributed by atoms with E-state index in [2.05, 4.69) is 15.3 Å². The summed E-state index contributed by atoms with van der Waals surface area (Å²) in [5, 5.41) is 5.85. The van der Waals surface area contributed by atoms with Crippen molar-refractivity contribution in [3.8, 4) is 28.3 Å². The largest absolute Gasteiger partial charge is 0.481 e. The van der Waals surface area contributed by atoms with Crippen LogP contribution in [-0.2, 0) is 18.3 Å². The fourth-order valence-electron chi connectivity index (χ4n) is 6.32. The maximum atomic E-state index is 15.5. The Labute approximate surface area is 278 Å². The summed E-state index contributed by atoms with van der Waals surface area (Å²) in [6, 6.07) is 8.03. The summed E-state index contributed by atoms with van der Waals surface area (Å²) in [7, 11) is 2.92. The van der Waals surface area contributed by atoms with E-state index in [-0.39, 0.29) is 44.4 Å². The molecule has 1 aliphatic heterocycles. The maximum absolute atomic E-state index is 15.5. The molecule has 6 rings (SSSR count). The lowest BCUT2D eigenvalue weighted by atomic mass is 9.98. The van der Waals surface area contributed by atoms with Gasteiger partial charge in [0, 0.05) is 74.6 Å². The number of fused-ring (bicyclic) bond motifs is 1. The minimum atomic E-state index is -0.877. The summed E-state index contributed by atoms with van der Waals surface area (Å²) < 4.78 is 37.7. The van der Waals surface area contributed by atoms with Gasteiger partial charge < -0.3 is 15.0 Å². The highest BCUT2D eigenvalue weighted by atomic mass is 35.5. The van der Waals surface area contributed by atoms with Crippen molar-refractivity contribution in [2.75, 3.05) is 38.6 Å². The number of hydrogen-bond donors (Lipinski definition) is 1. The number of halogens is 4. The Balaban J connectivity index is 1.36. The molecule has 3 heterocycles. The molecule has 0 bridgehead atoms. The van der Waals surface area contributed by atoms with E-state index < -0.39 is 23.1 Å². The third-order valence-corrected chi connectivity index (χ3v) is 9.51. The first kappa shape index (κ1) is 32.5. The number of nitrogens with one attached hydrogen (secondary N) is 1. The van der Waals surface area contributed by atoms with E-state index in [4.69, 9.17) is 32.9 Å². The van der Waals surface area contributed by atoms with E-state index in [1.54, 1.807) is 6.92 Å². The topological polar surface area (TPSA) is 110 Å². The summed E-state index contributed by atoms with van der Waals surface area (Å²) in [5.74, 6) is -2.05. The van der Waals surface area contributed by atoms with Crippen LogP contribution in [0.25, 0.3) is 22.4 Å². The number of benzene rings is 2. The second-order valence-corrected chi connectivity index (χ2v) is 12.1. The molecule has 2 aromatic carbocycles. The highest BCUT2D eigenvalue weighted by Gasteiger charge is 2.35. The molecular formula is C33H30Cl2F2N6O4. The lowest BCUT2D eigenvalue weighted by Gasteiger charge is -2.38. The molecule has 47 heavy (non-hydrogen) atoms. The molecule has 1 aliphatic carbocycles. The molecule has 1 N–H and O–H groups in total. The third kappa shape index (κ3) is 5.97. The highest BCUT2D eigenvalue weighted by Crippen LogP contribution is 2.47. The van der Waals surface area contributed by atoms with E-state index in [1.807, 2.05) is 11.0 Å². The second kappa shape index (κ2) is 13.0. The molecule has 10 nitrogen and oxygen atoms in total. The Bertz CT molecular complexity index is 1980. The Kier molecular flexibility index (Phi) is 9.01. The van der Waals surface area contributed by atoms with Crippen LogP contribution in [0.3, 0.4) is 0 Å². The first-order chi connectivity index (χ1) is 22.5. The average Bonchev–Trinajstić information content (AvgIpc) is 3.49. The Morgan fingerprint density at radius 3 is 2.36 bits per heavy atom. The number of carbonyl (C=O) groups excluding carboxylic acids is 2. The number of rotatable bonds is 6. The van der Waals surface area contributed by atoms with Crippen molar-refractivity contribution in [2.24, 2.45) is 7.05 Å². The van der Waals surface area contributed by atoms with Gasteiger partial charge in [0.1, 0.15) is 17.2 Å². The quantitative estimate of drug-likeness (QED) is 0.286. The number of aryl methyl sites for hydroxylation is 2. The number of nitrogens with zero attached hydrogens (tertiary/aromatic N) is 5. The SMILES string of the molecule is COc1nc(-c2ccc(F)c(-c3c(F)ccc(NC(=O)c4ccnn(C)c4=O)c3Cl)c2Cl)cc2c1C(N1CCN(C(C)=O)CC1)CC2. The Hall–Kier alpha value is -4.39. The molecule has 14 heteroatoms. The van der Waals surface area contributed by atoms with Crippen molar-refractivity contribution in [2.45, 2.75) is 25.8 Å². The lowest BCUT2D eigenvalue weighted by Crippen LogP contribution is -2.48. The standard InChI is InChI=1S/C33H30Cl2F2N6O4/c1-17(44)42-12-14-43(15-13-42)25-9-4-18-16-24(40-32(47-3)26(18)25)19-5-6-21(36)27(29(19)34)28-22(37)7-8-23(30(28)35)39-31(45)20-10-11-38-41(2)33(20)46/h5-8,10-11,16,25H,4,9,12-15H2,1-3H3,(H,39,45). The minimum absolute atomic E-state index is 0.0553. The molecule has 2 aliphatic rings. The molecule has 1 atom stereocenters. The molecule has 0 spiro atoms. The summed E-state index contributed by atoms with van der Waals surface area (Å²) >= 11 is 13.4. The van der Waals surface area contributed by atoms with Gasteiger partial charge >= 0.3 is 0 Å². The number of methoxy groups -OCH3 is 1. The van der Waals surface area contributed by atoms with Gasteiger partial charge in [0.15, 0.2) is 0 Å². The van der Waals surface area contributed by atoms with Crippen molar-refractivity contribution >= 4 is 40.7 Å². The molecule has 0 saturated carbocycles. The summed E-state index contributed by atoms with van der Waals surface area (Å²) in [6.45, 7) is 4.33. The van der Waals surface area contributed by atoms with Crippen molar-refractivity contribution in [1.82, 2.24) is 24.6 Å². The number of pyridine rings is 1. The van der Waals surface area contributed by atoms with E-state index in [9.17, 15) is 14.4 Å². The molecule has 4 aromatic rings. The van der Waals surface area contributed by atoms with Gasteiger partial charge in [0.2, 0.25) is 11.8 Å². The number of amides is 2. The molecule has 1 saturated heterocycles. The van der Waals surface area contributed by atoms with Crippen LogP contribution in [0.15, 0.2) is 47.4 Å². The number of carbonyl (C=O) groups is 2. The van der Waals surface area contributed by atoms with Crippen LogP contribution < -0.4 is 15.6 Å². The Morgan fingerprint density at radius 2 is 1.68 bits per heavy atom. The molecule has 2 aromatic heterocycles. The number of aromatic nitrogens is 3. The van der Waals surface area contributed by atoms with Crippen LogP contribution in [0.4, 0.5) is 14.5 Å². The van der Waals surface area contributed by atoms with Gasteiger partial charge in [-0.25, -0.2) is 18.4 Å². The molecular weight excluding hydrogens is 653 g/mol. The zero-order valence-corrected chi connectivity index (χ0v) is 27.3. The zero-order valence-electron chi connectivity index (χ0n) is 25.7. The van der Waals surface area contributed by atoms with Gasteiger partial charge in [-0.2, -0.15) is 5.10 Å². The fourth-order valence-corrected chi connectivity index (χ4v) is 6.95. The molecule has 2 amide bonds. The van der Waals surface area contributed by atoms with Gasteiger partial charge in [-0.15, -0.1) is 0 Å². The molecule has 244 valence electrons. The monoisotopic (exact) mass is 682 g/mol. The van der Waals surface area contributed by atoms with Crippen molar-refractivity contribution in [3.63, 3.8) is 0 Å². The van der Waals surface area contributed by atoms with Gasteiger partial charge in [-0.05, 0) is 54.8 Å². The minimum Gasteiger partial charge on any atom is -0.481 e. The normalized spacial score (nSPS) is 16.2. The first-order valence-electron chi connectivity index (χ1n) is 14.9. The maximum Gasteiger partial charge on any atom is 0.279 e. The van der Waals surface area contributed by atoms with Gasteiger partial charge in [0.25, 0.3) is 11.5 Å². The van der Waals surface area contributed by atoms with Gasteiger partial charge in [-0.3, -0.25) is 19.3 Å². The van der Waals surface area contributed by atoms with Crippen LogP contribution in [-0.4, -0.2) is 69.7 Å². The number of hydrogen-bond acceptors (Lipinski definition) is 7. The van der Waals surface area contributed by atoms with Crippen LogP contribution >= 0.6 is 23.2 Å². The van der Waals surface area contributed by atoms with E-state index in [0.717, 1.165) is 53.9 Å². The van der Waals surface area contributed by atoms with Crippen LogP contribution in [0.2, 0.25) is 10.0 Å². The zero-order chi connectivity index (χ0) is 33.6. The van der Waals surface area contributed by atoms with Crippen LogP contribution in [0.5, 0.6) is 5.88 Å². The molecule has 1 fully saturated rings. The van der Waals surface area contributed by atoms with Crippen molar-refractivity contribution in [1.29, 1.82) is 0 Å². The van der Waals surface area contributed by atoms with E-state index in [0.29, 0.717) is 30.2 Å². The number of piperazine rings is 1. The van der Waals surface area contributed by atoms with Crippen molar-refractivity contribution in [3.05, 3.63) is 91.3 Å². The molecule has 1 unspecified atom stereocenters. The summed E-state index contributed by atoms with van der Waals surface area (Å²) in [4.78, 5) is 46.1. The second-order valence-electron chi connectivity index (χ2n) is 11.4. The van der Waals surface area contributed by atoms with Crippen LogP contribution in [0.1, 0.15) is 40.9 Å². The van der Waals surface area contributed by atoms with Crippen molar-refractivity contribution < 1.29 is 23.1 Å². The predicted octanol–water partition coefficient (Wildman–Crippen LogP) is 5.51. The van der Waals surface area contributed by atoms with Gasteiger partial charge in [-0.1, -0.05) is 23.2 Å². The first-order valence-corrected chi connectivity index (χ1v) is 15.6.